The van der Waals surface area contributed by atoms with Crippen LogP contribution in [-0.4, -0.2) is 20.7 Å². The summed E-state index contributed by atoms with van der Waals surface area (Å²) in [6.45, 7) is 0. The van der Waals surface area contributed by atoms with Crippen LogP contribution in [-0.2, 0) is 13.5 Å². The third-order valence-corrected chi connectivity index (χ3v) is 4.45. The fourth-order valence-corrected chi connectivity index (χ4v) is 3.31. The molecule has 0 saturated carbocycles. The molecule has 1 unspecified atom stereocenters. The molecule has 0 radical (unpaired) electrons. The molecule has 1 atom stereocenters. The van der Waals surface area contributed by atoms with Gasteiger partial charge in [0.05, 0.1) is 11.6 Å². The summed E-state index contributed by atoms with van der Waals surface area (Å²) < 4.78 is 1.67. The topological polar surface area (TPSA) is 59.8 Å². The first kappa shape index (κ1) is 14.6. The first-order valence-corrected chi connectivity index (χ1v) is 8.05. The molecular formula is C19H18N4O. The van der Waals surface area contributed by atoms with Gasteiger partial charge in [-0.25, -0.2) is 0 Å². The number of aryl methyl sites for hydroxylation is 2. The molecule has 0 spiro atoms. The second-order valence-electron chi connectivity index (χ2n) is 6.07. The van der Waals surface area contributed by atoms with Gasteiger partial charge >= 0.3 is 0 Å². The van der Waals surface area contributed by atoms with E-state index in [1.54, 1.807) is 23.3 Å². The Hall–Kier alpha value is -2.95. The van der Waals surface area contributed by atoms with Crippen LogP contribution in [0.3, 0.4) is 0 Å². The van der Waals surface area contributed by atoms with Gasteiger partial charge in [0, 0.05) is 31.2 Å². The summed E-state index contributed by atoms with van der Waals surface area (Å²) in [7, 11) is 1.82. The van der Waals surface area contributed by atoms with Crippen LogP contribution >= 0.6 is 0 Å². The Bertz CT molecular complexity index is 885. The Morgan fingerprint density at radius 3 is 2.96 bits per heavy atom. The molecule has 120 valence electrons. The van der Waals surface area contributed by atoms with E-state index in [2.05, 4.69) is 27.5 Å². The number of carbonyl (C=O) groups excluding carboxylic acids is 1. The SMILES string of the molecule is Cn1cc(C(=O)NC2CCc3ccccc32)c(-c2cccnc2)n1. The second-order valence-corrected chi connectivity index (χ2v) is 6.07. The van der Waals surface area contributed by atoms with Gasteiger partial charge in [0.15, 0.2) is 0 Å². The van der Waals surface area contributed by atoms with Crippen LogP contribution in [0.2, 0.25) is 0 Å². The molecule has 0 saturated heterocycles. The maximum absolute atomic E-state index is 12.8. The number of hydrogen-bond donors (Lipinski definition) is 1. The summed E-state index contributed by atoms with van der Waals surface area (Å²) in [6, 6.07) is 12.1. The lowest BCUT2D eigenvalue weighted by atomic mass is 10.1. The molecule has 5 heteroatoms. The Balaban J connectivity index is 1.62. The lowest BCUT2D eigenvalue weighted by molar-refractivity contribution is 0.0937. The number of rotatable bonds is 3. The van der Waals surface area contributed by atoms with Crippen LogP contribution in [0, 0.1) is 0 Å². The highest BCUT2D eigenvalue weighted by atomic mass is 16.1. The molecule has 3 aromatic rings. The van der Waals surface area contributed by atoms with Crippen LogP contribution in [0.5, 0.6) is 0 Å². The van der Waals surface area contributed by atoms with E-state index in [4.69, 9.17) is 0 Å². The monoisotopic (exact) mass is 318 g/mol. The number of nitrogens with one attached hydrogen (secondary N) is 1. The first-order chi connectivity index (χ1) is 11.7. The molecule has 4 rings (SSSR count). The van der Waals surface area contributed by atoms with Crippen LogP contribution in [0.25, 0.3) is 11.3 Å². The summed E-state index contributed by atoms with van der Waals surface area (Å²) in [5, 5.41) is 7.60. The number of aromatic nitrogens is 3. The number of nitrogens with zero attached hydrogens (tertiary/aromatic N) is 3. The quantitative estimate of drug-likeness (QED) is 0.808. The molecule has 1 aliphatic carbocycles. The van der Waals surface area contributed by atoms with E-state index in [1.165, 1.54) is 11.1 Å². The summed E-state index contributed by atoms with van der Waals surface area (Å²) in [5.74, 6) is -0.0938. The first-order valence-electron chi connectivity index (χ1n) is 8.05. The van der Waals surface area contributed by atoms with Crippen molar-refractivity contribution in [2.75, 3.05) is 0 Å². The van der Waals surface area contributed by atoms with Gasteiger partial charge in [0.1, 0.15) is 5.69 Å². The van der Waals surface area contributed by atoms with E-state index < -0.39 is 0 Å². The second kappa shape index (κ2) is 5.92. The standard InChI is InChI=1S/C19H18N4O/c1-23-12-16(18(22-23)14-6-4-10-20-11-14)19(24)21-17-9-8-13-5-2-3-7-15(13)17/h2-7,10-12,17H,8-9H2,1H3,(H,21,24). The van der Waals surface area contributed by atoms with E-state index in [-0.39, 0.29) is 11.9 Å². The van der Waals surface area contributed by atoms with Crippen molar-refractivity contribution in [1.82, 2.24) is 20.1 Å². The van der Waals surface area contributed by atoms with Crippen molar-refractivity contribution in [1.29, 1.82) is 0 Å². The maximum Gasteiger partial charge on any atom is 0.255 e. The van der Waals surface area contributed by atoms with E-state index >= 15 is 0 Å². The number of hydrogen-bond acceptors (Lipinski definition) is 3. The Morgan fingerprint density at radius 1 is 1.25 bits per heavy atom. The smallest absolute Gasteiger partial charge is 0.255 e. The van der Waals surface area contributed by atoms with E-state index in [1.807, 2.05) is 31.3 Å². The molecule has 0 aliphatic heterocycles. The minimum absolute atomic E-state index is 0.0654. The molecule has 1 aliphatic rings. The average molecular weight is 318 g/mol. The van der Waals surface area contributed by atoms with Crippen molar-refractivity contribution in [3.05, 3.63) is 71.7 Å². The molecule has 2 aromatic heterocycles. The zero-order chi connectivity index (χ0) is 16.5. The molecule has 1 amide bonds. The maximum atomic E-state index is 12.8. The number of carbonyl (C=O) groups is 1. The van der Waals surface area contributed by atoms with Crippen molar-refractivity contribution in [3.63, 3.8) is 0 Å². The van der Waals surface area contributed by atoms with E-state index in [0.29, 0.717) is 11.3 Å². The number of fused-ring (bicyclic) bond motifs is 1. The van der Waals surface area contributed by atoms with Crippen LogP contribution in [0.4, 0.5) is 0 Å². The van der Waals surface area contributed by atoms with Crippen molar-refractivity contribution in [2.45, 2.75) is 18.9 Å². The molecule has 0 fully saturated rings. The summed E-state index contributed by atoms with van der Waals surface area (Å²) in [5.41, 5.74) is 4.62. The van der Waals surface area contributed by atoms with Crippen molar-refractivity contribution in [2.24, 2.45) is 7.05 Å². The van der Waals surface area contributed by atoms with Crippen molar-refractivity contribution in [3.8, 4) is 11.3 Å². The number of benzene rings is 1. The van der Waals surface area contributed by atoms with Crippen LogP contribution < -0.4 is 5.32 Å². The predicted molar refractivity (Wildman–Crippen MR) is 91.4 cm³/mol. The van der Waals surface area contributed by atoms with Gasteiger partial charge in [-0.1, -0.05) is 24.3 Å². The third kappa shape index (κ3) is 2.58. The summed E-state index contributed by atoms with van der Waals surface area (Å²) >= 11 is 0. The lowest BCUT2D eigenvalue weighted by Crippen LogP contribution is -2.27. The van der Waals surface area contributed by atoms with E-state index in [0.717, 1.165) is 18.4 Å². The van der Waals surface area contributed by atoms with Gasteiger partial charge in [-0.05, 0) is 36.1 Å². The molecule has 0 bridgehead atoms. The minimum atomic E-state index is -0.0938. The highest BCUT2D eigenvalue weighted by molar-refractivity contribution is 6.00. The Labute approximate surface area is 140 Å². The minimum Gasteiger partial charge on any atom is -0.345 e. The molecule has 24 heavy (non-hydrogen) atoms. The average Bonchev–Trinajstić information content (AvgIpc) is 3.20. The fraction of sp³-hybridized carbons (Fsp3) is 0.211. The molecular weight excluding hydrogens is 300 g/mol. The van der Waals surface area contributed by atoms with Gasteiger partial charge in [-0.15, -0.1) is 0 Å². The third-order valence-electron chi connectivity index (χ3n) is 4.45. The van der Waals surface area contributed by atoms with Crippen molar-refractivity contribution >= 4 is 5.91 Å². The fourth-order valence-electron chi connectivity index (χ4n) is 3.31. The van der Waals surface area contributed by atoms with Gasteiger partial charge in [-0.3, -0.25) is 14.5 Å². The predicted octanol–water partition coefficient (Wildman–Crippen LogP) is 2.90. The largest absolute Gasteiger partial charge is 0.345 e. The zero-order valence-corrected chi connectivity index (χ0v) is 13.4. The number of amides is 1. The van der Waals surface area contributed by atoms with Gasteiger partial charge in [0.25, 0.3) is 5.91 Å². The summed E-state index contributed by atoms with van der Waals surface area (Å²) in [4.78, 5) is 17.0. The highest BCUT2D eigenvalue weighted by Crippen LogP contribution is 2.31. The molecule has 2 heterocycles. The van der Waals surface area contributed by atoms with Gasteiger partial charge in [0.2, 0.25) is 0 Å². The van der Waals surface area contributed by atoms with Gasteiger partial charge < -0.3 is 5.32 Å². The molecule has 1 N–H and O–H groups in total. The van der Waals surface area contributed by atoms with Crippen LogP contribution in [0.1, 0.15) is 33.9 Å². The molecule has 1 aromatic carbocycles. The normalized spacial score (nSPS) is 16.0. The lowest BCUT2D eigenvalue weighted by Gasteiger charge is -2.14. The Morgan fingerprint density at radius 2 is 2.12 bits per heavy atom. The summed E-state index contributed by atoms with van der Waals surface area (Å²) in [6.07, 6.45) is 7.14. The van der Waals surface area contributed by atoms with Gasteiger partial charge in [-0.2, -0.15) is 5.10 Å². The number of pyridine rings is 1. The van der Waals surface area contributed by atoms with Crippen LogP contribution in [0.15, 0.2) is 55.0 Å². The van der Waals surface area contributed by atoms with Crippen molar-refractivity contribution < 1.29 is 4.79 Å². The zero-order valence-electron chi connectivity index (χ0n) is 13.4. The highest BCUT2D eigenvalue weighted by Gasteiger charge is 2.25. The Kier molecular flexibility index (Phi) is 3.61. The molecule has 5 nitrogen and oxygen atoms in total. The van der Waals surface area contributed by atoms with E-state index in [9.17, 15) is 4.79 Å².